The average molecular weight is 259 g/mol. The topological polar surface area (TPSA) is 84.3 Å². The average Bonchev–Trinajstić information content (AvgIpc) is 2.87. The zero-order valence-electron chi connectivity index (χ0n) is 10.1. The number of para-hydroxylation sites is 2. The summed E-state index contributed by atoms with van der Waals surface area (Å²) in [4.78, 5) is 19.4. The van der Waals surface area contributed by atoms with Crippen molar-refractivity contribution in [2.45, 2.75) is 18.6 Å². The van der Waals surface area contributed by atoms with Gasteiger partial charge in [0.25, 0.3) is 0 Å². The summed E-state index contributed by atoms with van der Waals surface area (Å²) in [6, 6.07) is 6.98. The molecule has 2 aromatic rings. The molecule has 6 nitrogen and oxygen atoms in total. The second-order valence-electron chi connectivity index (χ2n) is 4.47. The van der Waals surface area contributed by atoms with Crippen molar-refractivity contribution in [1.29, 1.82) is 0 Å². The zero-order chi connectivity index (χ0) is 13.2. The van der Waals surface area contributed by atoms with Crippen LogP contribution in [0.4, 0.5) is 0 Å². The number of carbonyl (C=O) groups is 1. The third-order valence-corrected chi connectivity index (χ3v) is 3.10. The number of carboxylic acid groups (broad SMARTS) is 1. The van der Waals surface area contributed by atoms with Crippen molar-refractivity contribution in [3.63, 3.8) is 0 Å². The van der Waals surface area contributed by atoms with Crippen LogP contribution in [-0.4, -0.2) is 39.7 Å². The van der Waals surface area contributed by atoms with E-state index in [2.05, 4.69) is 15.3 Å². The van der Waals surface area contributed by atoms with Gasteiger partial charge < -0.3 is 15.2 Å². The van der Waals surface area contributed by atoms with Gasteiger partial charge in [0.2, 0.25) is 5.88 Å². The molecule has 2 unspecified atom stereocenters. The summed E-state index contributed by atoms with van der Waals surface area (Å²) in [7, 11) is 0. The Bertz CT molecular complexity index is 617. The largest absolute Gasteiger partial charge is 0.480 e. The third kappa shape index (κ3) is 2.48. The molecule has 2 heterocycles. The van der Waals surface area contributed by atoms with Gasteiger partial charge in [-0.2, -0.15) is 0 Å². The van der Waals surface area contributed by atoms with Crippen LogP contribution < -0.4 is 10.1 Å². The second kappa shape index (κ2) is 4.81. The van der Waals surface area contributed by atoms with Crippen LogP contribution in [0, 0.1) is 0 Å². The van der Waals surface area contributed by atoms with E-state index in [1.165, 1.54) is 0 Å². The van der Waals surface area contributed by atoms with Gasteiger partial charge >= 0.3 is 5.97 Å². The monoisotopic (exact) mass is 259 g/mol. The van der Waals surface area contributed by atoms with Crippen molar-refractivity contribution < 1.29 is 14.6 Å². The first-order chi connectivity index (χ1) is 9.22. The Morgan fingerprint density at radius 3 is 2.89 bits per heavy atom. The standard InChI is InChI=1S/C13H13N3O3/c17-13(18)11-5-8(6-14-11)19-12-7-15-9-3-1-2-4-10(9)16-12/h1-4,7-8,11,14H,5-6H2,(H,17,18). The van der Waals surface area contributed by atoms with Gasteiger partial charge in [-0.25, -0.2) is 9.97 Å². The quantitative estimate of drug-likeness (QED) is 0.849. The van der Waals surface area contributed by atoms with Gasteiger partial charge in [-0.1, -0.05) is 12.1 Å². The Kier molecular flexibility index (Phi) is 3.00. The number of nitrogens with one attached hydrogen (secondary N) is 1. The summed E-state index contributed by atoms with van der Waals surface area (Å²) in [5, 5.41) is 11.8. The van der Waals surface area contributed by atoms with Crippen LogP contribution in [-0.2, 0) is 4.79 Å². The van der Waals surface area contributed by atoms with E-state index in [4.69, 9.17) is 9.84 Å². The highest BCUT2D eigenvalue weighted by atomic mass is 16.5. The third-order valence-electron chi connectivity index (χ3n) is 3.10. The fourth-order valence-electron chi connectivity index (χ4n) is 2.15. The molecule has 0 spiro atoms. The van der Waals surface area contributed by atoms with Crippen molar-refractivity contribution in [1.82, 2.24) is 15.3 Å². The van der Waals surface area contributed by atoms with E-state index in [0.717, 1.165) is 11.0 Å². The molecule has 0 saturated carbocycles. The highest BCUT2D eigenvalue weighted by molar-refractivity contribution is 5.74. The van der Waals surface area contributed by atoms with Crippen LogP contribution in [0.2, 0.25) is 0 Å². The summed E-state index contributed by atoms with van der Waals surface area (Å²) in [6.45, 7) is 0.505. The molecule has 0 aliphatic carbocycles. The molecule has 1 aliphatic rings. The van der Waals surface area contributed by atoms with Gasteiger partial charge in [0.15, 0.2) is 0 Å². The predicted octanol–water partition coefficient (Wildman–Crippen LogP) is 0.824. The van der Waals surface area contributed by atoms with Crippen molar-refractivity contribution in [2.75, 3.05) is 6.54 Å². The molecule has 19 heavy (non-hydrogen) atoms. The number of ether oxygens (including phenoxy) is 1. The number of hydrogen-bond acceptors (Lipinski definition) is 5. The number of rotatable bonds is 3. The van der Waals surface area contributed by atoms with E-state index in [-0.39, 0.29) is 6.10 Å². The number of aliphatic carboxylic acids is 1. The Labute approximate surface area is 109 Å². The Morgan fingerprint density at radius 2 is 2.16 bits per heavy atom. The first-order valence-electron chi connectivity index (χ1n) is 6.07. The van der Waals surface area contributed by atoms with Crippen LogP contribution in [0.5, 0.6) is 5.88 Å². The lowest BCUT2D eigenvalue weighted by molar-refractivity contribution is -0.139. The number of aromatic nitrogens is 2. The number of nitrogens with zero attached hydrogens (tertiary/aromatic N) is 2. The number of carboxylic acids is 1. The fraction of sp³-hybridized carbons (Fsp3) is 0.308. The molecule has 1 aromatic heterocycles. The molecule has 6 heteroatoms. The van der Waals surface area contributed by atoms with Crippen molar-refractivity contribution in [3.8, 4) is 5.88 Å². The molecular formula is C13H13N3O3. The zero-order valence-corrected chi connectivity index (χ0v) is 10.1. The van der Waals surface area contributed by atoms with E-state index >= 15 is 0 Å². The maximum absolute atomic E-state index is 10.8. The van der Waals surface area contributed by atoms with Gasteiger partial charge in [0, 0.05) is 13.0 Å². The van der Waals surface area contributed by atoms with Gasteiger partial charge in [0.1, 0.15) is 12.1 Å². The molecule has 0 amide bonds. The smallest absolute Gasteiger partial charge is 0.320 e. The summed E-state index contributed by atoms with van der Waals surface area (Å²) >= 11 is 0. The van der Waals surface area contributed by atoms with E-state index < -0.39 is 12.0 Å². The van der Waals surface area contributed by atoms with Crippen molar-refractivity contribution >= 4 is 17.0 Å². The highest BCUT2D eigenvalue weighted by Gasteiger charge is 2.30. The van der Waals surface area contributed by atoms with E-state index in [1.54, 1.807) is 6.20 Å². The molecule has 2 atom stereocenters. The molecule has 1 saturated heterocycles. The molecule has 1 fully saturated rings. The molecule has 0 bridgehead atoms. The van der Waals surface area contributed by atoms with Gasteiger partial charge in [0.05, 0.1) is 17.2 Å². The molecule has 1 aromatic carbocycles. The Balaban J connectivity index is 1.73. The fourth-order valence-corrected chi connectivity index (χ4v) is 2.15. The lowest BCUT2D eigenvalue weighted by Gasteiger charge is -2.11. The number of hydrogen-bond donors (Lipinski definition) is 2. The lowest BCUT2D eigenvalue weighted by atomic mass is 10.2. The van der Waals surface area contributed by atoms with Gasteiger partial charge in [-0.15, -0.1) is 0 Å². The second-order valence-corrected chi connectivity index (χ2v) is 4.47. The first kappa shape index (κ1) is 11.9. The summed E-state index contributed by atoms with van der Waals surface area (Å²) in [5.41, 5.74) is 1.57. The molecule has 2 N–H and O–H groups in total. The van der Waals surface area contributed by atoms with Gasteiger partial charge in [-0.3, -0.25) is 4.79 Å². The van der Waals surface area contributed by atoms with Gasteiger partial charge in [-0.05, 0) is 12.1 Å². The van der Waals surface area contributed by atoms with Crippen LogP contribution >= 0.6 is 0 Å². The number of benzene rings is 1. The summed E-state index contributed by atoms with van der Waals surface area (Å²) in [5.74, 6) is -0.424. The van der Waals surface area contributed by atoms with Crippen molar-refractivity contribution in [2.24, 2.45) is 0 Å². The first-order valence-corrected chi connectivity index (χ1v) is 6.07. The predicted molar refractivity (Wildman–Crippen MR) is 68.0 cm³/mol. The minimum absolute atomic E-state index is 0.184. The summed E-state index contributed by atoms with van der Waals surface area (Å²) < 4.78 is 5.66. The SMILES string of the molecule is O=C(O)C1CC(Oc2cnc3ccccc3n2)CN1. The molecule has 1 aliphatic heterocycles. The Hall–Kier alpha value is -2.21. The summed E-state index contributed by atoms with van der Waals surface area (Å²) in [6.07, 6.45) is 1.82. The van der Waals surface area contributed by atoms with E-state index in [0.29, 0.717) is 18.8 Å². The highest BCUT2D eigenvalue weighted by Crippen LogP contribution is 2.17. The molecule has 98 valence electrons. The maximum Gasteiger partial charge on any atom is 0.320 e. The Morgan fingerprint density at radius 1 is 1.37 bits per heavy atom. The normalized spacial score (nSPS) is 22.5. The molecular weight excluding hydrogens is 246 g/mol. The molecule has 3 rings (SSSR count). The van der Waals surface area contributed by atoms with Crippen LogP contribution in [0.1, 0.15) is 6.42 Å². The van der Waals surface area contributed by atoms with Crippen LogP contribution in [0.25, 0.3) is 11.0 Å². The molecule has 0 radical (unpaired) electrons. The maximum atomic E-state index is 10.8. The minimum Gasteiger partial charge on any atom is -0.480 e. The van der Waals surface area contributed by atoms with Crippen LogP contribution in [0.15, 0.2) is 30.5 Å². The van der Waals surface area contributed by atoms with Crippen molar-refractivity contribution in [3.05, 3.63) is 30.5 Å². The van der Waals surface area contributed by atoms with Crippen LogP contribution in [0.3, 0.4) is 0 Å². The minimum atomic E-state index is -0.851. The lowest BCUT2D eigenvalue weighted by Crippen LogP contribution is -2.30. The van der Waals surface area contributed by atoms with E-state index in [1.807, 2.05) is 24.3 Å². The number of fused-ring (bicyclic) bond motifs is 1. The van der Waals surface area contributed by atoms with E-state index in [9.17, 15) is 4.79 Å².